The molecular formula is C16H20N2O2S. The van der Waals surface area contributed by atoms with Gasteiger partial charge in [0, 0.05) is 13.1 Å². The molecule has 5 heteroatoms. The molecular weight excluding hydrogens is 284 g/mol. The summed E-state index contributed by atoms with van der Waals surface area (Å²) in [5, 5.41) is 0.0207. The van der Waals surface area contributed by atoms with Crippen LogP contribution in [-0.4, -0.2) is 40.4 Å². The number of carbonyl (C=O) groups excluding carboxylic acids is 1. The van der Waals surface area contributed by atoms with Gasteiger partial charge in [-0.3, -0.25) is 4.79 Å². The van der Waals surface area contributed by atoms with Crippen LogP contribution in [0.1, 0.15) is 31.6 Å². The smallest absolute Gasteiger partial charge is 0.235 e. The van der Waals surface area contributed by atoms with E-state index in [9.17, 15) is 4.79 Å². The van der Waals surface area contributed by atoms with E-state index in [0.717, 1.165) is 42.9 Å². The third-order valence-corrected chi connectivity index (χ3v) is 5.00. The number of aromatic nitrogens is 1. The second-order valence-corrected chi connectivity index (χ2v) is 6.70. The number of para-hydroxylation sites is 2. The molecule has 1 fully saturated rings. The van der Waals surface area contributed by atoms with Gasteiger partial charge in [-0.05, 0) is 38.2 Å². The quantitative estimate of drug-likeness (QED) is 0.873. The van der Waals surface area contributed by atoms with E-state index in [1.165, 1.54) is 0 Å². The summed E-state index contributed by atoms with van der Waals surface area (Å²) in [6, 6.07) is 7.82. The van der Waals surface area contributed by atoms with Crippen molar-refractivity contribution >= 4 is 28.8 Å². The Morgan fingerprint density at radius 2 is 2.29 bits per heavy atom. The second kappa shape index (κ2) is 6.10. The van der Waals surface area contributed by atoms with Crippen molar-refractivity contribution in [2.75, 3.05) is 19.3 Å². The number of hydrogen-bond donors (Lipinski definition) is 0. The molecule has 4 nitrogen and oxygen atoms in total. The van der Waals surface area contributed by atoms with E-state index in [-0.39, 0.29) is 17.1 Å². The Balaban J connectivity index is 1.78. The predicted molar refractivity (Wildman–Crippen MR) is 85.5 cm³/mol. The van der Waals surface area contributed by atoms with E-state index in [0.29, 0.717) is 0 Å². The molecule has 0 unspecified atom stereocenters. The van der Waals surface area contributed by atoms with Gasteiger partial charge >= 0.3 is 0 Å². The average Bonchev–Trinajstić information content (AvgIpc) is 2.97. The summed E-state index contributed by atoms with van der Waals surface area (Å²) in [6.07, 6.45) is 4.02. The van der Waals surface area contributed by atoms with Gasteiger partial charge in [0.05, 0.1) is 11.2 Å². The molecule has 1 amide bonds. The Bertz CT molecular complexity index is 607. The lowest BCUT2D eigenvalue weighted by molar-refractivity contribution is -0.131. The minimum Gasteiger partial charge on any atom is -0.440 e. The zero-order chi connectivity index (χ0) is 14.8. The largest absolute Gasteiger partial charge is 0.440 e. The van der Waals surface area contributed by atoms with Gasteiger partial charge in [-0.15, -0.1) is 0 Å². The van der Waals surface area contributed by atoms with Crippen molar-refractivity contribution in [1.82, 2.24) is 9.88 Å². The summed E-state index contributed by atoms with van der Waals surface area (Å²) in [5.74, 6) is 1.21. The first-order valence-corrected chi connectivity index (χ1v) is 8.65. The molecule has 2 atom stereocenters. The van der Waals surface area contributed by atoms with Crippen LogP contribution in [0, 0.1) is 0 Å². The van der Waals surface area contributed by atoms with Crippen LogP contribution in [0.2, 0.25) is 0 Å². The van der Waals surface area contributed by atoms with Crippen LogP contribution < -0.4 is 0 Å². The summed E-state index contributed by atoms with van der Waals surface area (Å²) in [5.41, 5.74) is 1.72. The second-order valence-electron chi connectivity index (χ2n) is 5.52. The number of piperidine rings is 1. The lowest BCUT2D eigenvalue weighted by Gasteiger charge is -2.32. The maximum Gasteiger partial charge on any atom is 0.235 e. The molecule has 2 heterocycles. The molecule has 1 saturated heterocycles. The maximum absolute atomic E-state index is 12.3. The van der Waals surface area contributed by atoms with Crippen LogP contribution in [0.4, 0.5) is 0 Å². The van der Waals surface area contributed by atoms with Crippen LogP contribution in [0.5, 0.6) is 0 Å². The van der Waals surface area contributed by atoms with Crippen LogP contribution >= 0.6 is 11.8 Å². The molecule has 0 aliphatic carbocycles. The van der Waals surface area contributed by atoms with Crippen LogP contribution in [0.25, 0.3) is 11.1 Å². The molecule has 0 N–H and O–H groups in total. The number of nitrogens with zero attached hydrogens (tertiary/aromatic N) is 2. The van der Waals surface area contributed by atoms with Crippen molar-refractivity contribution < 1.29 is 9.21 Å². The summed E-state index contributed by atoms with van der Waals surface area (Å²) >= 11 is 1.60. The normalized spacial score (nSPS) is 20.7. The van der Waals surface area contributed by atoms with Gasteiger partial charge in [0.15, 0.2) is 11.5 Å². The molecule has 0 bridgehead atoms. The summed E-state index contributed by atoms with van der Waals surface area (Å²) in [7, 11) is 0. The predicted octanol–water partition coefficient (Wildman–Crippen LogP) is 3.29. The van der Waals surface area contributed by atoms with E-state index in [2.05, 4.69) is 4.98 Å². The number of likely N-dealkylation sites (tertiary alicyclic amines) is 1. The third-order valence-electron chi connectivity index (χ3n) is 4.09. The number of rotatable bonds is 3. The van der Waals surface area contributed by atoms with Crippen LogP contribution in [0.3, 0.4) is 0 Å². The van der Waals surface area contributed by atoms with Crippen molar-refractivity contribution in [1.29, 1.82) is 0 Å². The van der Waals surface area contributed by atoms with Crippen molar-refractivity contribution in [2.45, 2.75) is 30.9 Å². The Hall–Kier alpha value is -1.49. The van der Waals surface area contributed by atoms with Crippen molar-refractivity contribution in [2.24, 2.45) is 0 Å². The number of fused-ring (bicyclic) bond motifs is 1. The Kier molecular flexibility index (Phi) is 4.19. The standard InChI is InChI=1S/C16H20N2O2S/c1-11(21-2)16(19)18-9-5-6-12(10-18)15-17-13-7-3-4-8-14(13)20-15/h3-4,7-8,11-12H,5-6,9-10H2,1-2H3/t11-,12+/m0/s1. The molecule has 1 aliphatic rings. The molecule has 0 spiro atoms. The minimum atomic E-state index is 0.0207. The van der Waals surface area contributed by atoms with E-state index in [1.807, 2.05) is 42.3 Å². The van der Waals surface area contributed by atoms with Gasteiger partial charge in [0.25, 0.3) is 0 Å². The Morgan fingerprint density at radius 1 is 1.48 bits per heavy atom. The summed E-state index contributed by atoms with van der Waals surface area (Å²) in [6.45, 7) is 3.53. The number of amides is 1. The lowest BCUT2D eigenvalue weighted by atomic mass is 9.98. The van der Waals surface area contributed by atoms with Gasteiger partial charge in [-0.2, -0.15) is 11.8 Å². The lowest BCUT2D eigenvalue weighted by Crippen LogP contribution is -2.42. The van der Waals surface area contributed by atoms with Gasteiger partial charge < -0.3 is 9.32 Å². The summed E-state index contributed by atoms with van der Waals surface area (Å²) in [4.78, 5) is 18.9. The van der Waals surface area contributed by atoms with Crippen LogP contribution in [-0.2, 0) is 4.79 Å². The van der Waals surface area contributed by atoms with Gasteiger partial charge in [0.1, 0.15) is 5.52 Å². The molecule has 21 heavy (non-hydrogen) atoms. The number of carbonyl (C=O) groups is 1. The SMILES string of the molecule is CS[C@@H](C)C(=O)N1CCC[C@@H](c2nc3ccccc3o2)C1. The average molecular weight is 304 g/mol. The minimum absolute atomic E-state index is 0.0207. The highest BCUT2D eigenvalue weighted by Crippen LogP contribution is 2.29. The van der Waals surface area contributed by atoms with Gasteiger partial charge in [-0.25, -0.2) is 4.98 Å². The van der Waals surface area contributed by atoms with E-state index < -0.39 is 0 Å². The van der Waals surface area contributed by atoms with Crippen LogP contribution in [0.15, 0.2) is 28.7 Å². The van der Waals surface area contributed by atoms with Gasteiger partial charge in [-0.1, -0.05) is 12.1 Å². The first-order valence-electron chi connectivity index (χ1n) is 7.36. The zero-order valence-corrected chi connectivity index (χ0v) is 13.2. The fourth-order valence-corrected chi connectivity index (χ4v) is 3.15. The molecule has 112 valence electrons. The maximum atomic E-state index is 12.3. The zero-order valence-electron chi connectivity index (χ0n) is 12.4. The van der Waals surface area contributed by atoms with E-state index in [4.69, 9.17) is 4.42 Å². The van der Waals surface area contributed by atoms with Gasteiger partial charge in [0.2, 0.25) is 5.91 Å². The van der Waals surface area contributed by atoms with Crippen molar-refractivity contribution in [3.8, 4) is 0 Å². The highest BCUT2D eigenvalue weighted by Gasteiger charge is 2.29. The number of benzene rings is 1. The first kappa shape index (κ1) is 14.4. The number of thioether (sulfide) groups is 1. The number of oxazole rings is 1. The fraction of sp³-hybridized carbons (Fsp3) is 0.500. The van der Waals surface area contributed by atoms with E-state index in [1.54, 1.807) is 11.8 Å². The molecule has 2 aromatic rings. The molecule has 3 rings (SSSR count). The highest BCUT2D eigenvalue weighted by atomic mass is 32.2. The highest BCUT2D eigenvalue weighted by molar-refractivity contribution is 7.99. The van der Waals surface area contributed by atoms with E-state index >= 15 is 0 Å². The molecule has 0 radical (unpaired) electrons. The number of hydrogen-bond acceptors (Lipinski definition) is 4. The molecule has 0 saturated carbocycles. The molecule has 1 aromatic heterocycles. The van der Waals surface area contributed by atoms with Crippen molar-refractivity contribution in [3.05, 3.63) is 30.2 Å². The first-order chi connectivity index (χ1) is 10.2. The Labute approximate surface area is 128 Å². The molecule has 1 aromatic carbocycles. The molecule has 1 aliphatic heterocycles. The summed E-state index contributed by atoms with van der Waals surface area (Å²) < 4.78 is 5.87. The third kappa shape index (κ3) is 2.93. The fourth-order valence-electron chi connectivity index (χ4n) is 2.80. The monoisotopic (exact) mass is 304 g/mol. The topological polar surface area (TPSA) is 46.3 Å². The Morgan fingerprint density at radius 3 is 3.05 bits per heavy atom. The van der Waals surface area contributed by atoms with Crippen molar-refractivity contribution in [3.63, 3.8) is 0 Å².